The third-order valence-corrected chi connectivity index (χ3v) is 4.24. The first-order valence-corrected chi connectivity index (χ1v) is 8.43. The number of hydrogen-bond acceptors (Lipinski definition) is 6. The van der Waals surface area contributed by atoms with Crippen LogP contribution in [0.25, 0.3) is 0 Å². The van der Waals surface area contributed by atoms with Crippen LogP contribution in [0.2, 0.25) is 0 Å². The molecule has 0 saturated carbocycles. The van der Waals surface area contributed by atoms with E-state index in [4.69, 9.17) is 4.74 Å². The van der Waals surface area contributed by atoms with Gasteiger partial charge in [-0.25, -0.2) is 0 Å². The maximum absolute atomic E-state index is 12.1. The predicted molar refractivity (Wildman–Crippen MR) is 86.5 cm³/mol. The van der Waals surface area contributed by atoms with Crippen LogP contribution in [0, 0.1) is 0 Å². The lowest BCUT2D eigenvalue weighted by Crippen LogP contribution is -2.12. The van der Waals surface area contributed by atoms with Gasteiger partial charge in [0, 0.05) is 5.56 Å². The van der Waals surface area contributed by atoms with Crippen molar-refractivity contribution in [2.24, 2.45) is 0 Å². The summed E-state index contributed by atoms with van der Waals surface area (Å²) >= 11 is 2.98. The number of benzene rings is 1. The number of nitrogens with one attached hydrogen (secondary N) is 1. The zero-order valence-electron chi connectivity index (χ0n) is 12.1. The van der Waals surface area contributed by atoms with E-state index in [0.29, 0.717) is 10.7 Å². The highest BCUT2D eigenvalue weighted by Gasteiger charge is 2.10. The Morgan fingerprint density at radius 3 is 2.67 bits per heavy atom. The predicted octanol–water partition coefficient (Wildman–Crippen LogP) is 3.69. The third kappa shape index (κ3) is 4.71. The Morgan fingerprint density at radius 1 is 1.33 bits per heavy atom. The van der Waals surface area contributed by atoms with E-state index in [1.165, 1.54) is 11.3 Å². The van der Waals surface area contributed by atoms with Gasteiger partial charge < -0.3 is 4.74 Å². The van der Waals surface area contributed by atoms with Crippen LogP contribution in [0.1, 0.15) is 31.1 Å². The number of thioether (sulfide) groups is 1. The number of rotatable bonds is 6. The molecule has 0 radical (unpaired) electrons. The molecular formula is C14H17N3O2S2. The van der Waals surface area contributed by atoms with Gasteiger partial charge in [-0.05, 0) is 43.9 Å². The molecule has 0 spiro atoms. The molecule has 0 aliphatic carbocycles. The Balaban J connectivity index is 1.99. The molecule has 112 valence electrons. The van der Waals surface area contributed by atoms with Crippen LogP contribution in [0.4, 0.5) is 5.13 Å². The number of anilines is 1. The van der Waals surface area contributed by atoms with E-state index in [1.807, 2.05) is 20.8 Å². The Labute approximate surface area is 132 Å². The Hall–Kier alpha value is -1.60. The zero-order chi connectivity index (χ0) is 15.2. The average molecular weight is 323 g/mol. The zero-order valence-corrected chi connectivity index (χ0v) is 13.8. The fraction of sp³-hybridized carbons (Fsp3) is 0.357. The minimum atomic E-state index is -0.199. The molecule has 1 N–H and O–H groups in total. The molecule has 0 atom stereocenters. The summed E-state index contributed by atoms with van der Waals surface area (Å²) < 4.78 is 6.40. The van der Waals surface area contributed by atoms with Gasteiger partial charge in [0.2, 0.25) is 5.13 Å². The van der Waals surface area contributed by atoms with E-state index in [1.54, 1.807) is 36.0 Å². The molecule has 1 aromatic carbocycles. The first kappa shape index (κ1) is 15.8. The molecule has 1 amide bonds. The van der Waals surface area contributed by atoms with Crippen LogP contribution < -0.4 is 10.1 Å². The molecule has 21 heavy (non-hydrogen) atoms. The topological polar surface area (TPSA) is 64.1 Å². The van der Waals surface area contributed by atoms with Gasteiger partial charge in [0.05, 0.1) is 6.10 Å². The van der Waals surface area contributed by atoms with Gasteiger partial charge in [0.1, 0.15) is 5.75 Å². The van der Waals surface area contributed by atoms with Gasteiger partial charge >= 0.3 is 0 Å². The second kappa shape index (κ2) is 7.42. The Kier molecular flexibility index (Phi) is 5.58. The molecule has 0 saturated heterocycles. The number of carbonyl (C=O) groups is 1. The maximum atomic E-state index is 12.1. The van der Waals surface area contributed by atoms with Crippen molar-refractivity contribution >= 4 is 34.1 Å². The summed E-state index contributed by atoms with van der Waals surface area (Å²) in [6.07, 6.45) is 0.112. The first-order chi connectivity index (χ1) is 10.1. The second-order valence-electron chi connectivity index (χ2n) is 4.45. The molecule has 0 bridgehead atoms. The molecule has 0 aliphatic rings. The minimum Gasteiger partial charge on any atom is -0.491 e. The quantitative estimate of drug-likeness (QED) is 0.649. The van der Waals surface area contributed by atoms with Crippen LogP contribution in [0.5, 0.6) is 5.75 Å². The monoisotopic (exact) mass is 323 g/mol. The van der Waals surface area contributed by atoms with E-state index < -0.39 is 0 Å². The van der Waals surface area contributed by atoms with Gasteiger partial charge in [-0.3, -0.25) is 10.1 Å². The summed E-state index contributed by atoms with van der Waals surface area (Å²) in [6.45, 7) is 5.97. The molecule has 1 heterocycles. The molecule has 5 nitrogen and oxygen atoms in total. The highest BCUT2D eigenvalue weighted by molar-refractivity contribution is 8.01. The van der Waals surface area contributed by atoms with Gasteiger partial charge in [-0.1, -0.05) is 30.0 Å². The van der Waals surface area contributed by atoms with Gasteiger partial charge in [0.25, 0.3) is 5.91 Å². The fourth-order valence-corrected chi connectivity index (χ4v) is 3.21. The lowest BCUT2D eigenvalue weighted by atomic mass is 10.2. The van der Waals surface area contributed by atoms with Crippen LogP contribution in [0.15, 0.2) is 28.6 Å². The lowest BCUT2D eigenvalue weighted by Gasteiger charge is -2.09. The first-order valence-electron chi connectivity index (χ1n) is 6.63. The van der Waals surface area contributed by atoms with Gasteiger partial charge in [-0.15, -0.1) is 10.2 Å². The van der Waals surface area contributed by atoms with Gasteiger partial charge in [0.15, 0.2) is 4.34 Å². The normalized spacial score (nSPS) is 10.7. The number of aromatic nitrogens is 2. The number of nitrogens with zero attached hydrogens (tertiary/aromatic N) is 2. The number of hydrogen-bond donors (Lipinski definition) is 1. The third-order valence-electron chi connectivity index (χ3n) is 2.38. The van der Waals surface area contributed by atoms with Crippen molar-refractivity contribution in [1.29, 1.82) is 0 Å². The molecule has 2 aromatic rings. The largest absolute Gasteiger partial charge is 0.491 e. The number of carbonyl (C=O) groups excluding carboxylic acids is 1. The molecule has 0 fully saturated rings. The standard InChI is InChI=1S/C14H17N3O2S2/c1-4-20-14-17-16-13(21-14)15-12(18)10-5-7-11(8-6-10)19-9(2)3/h5-9H,4H2,1-3H3,(H,15,16,18). The maximum Gasteiger partial charge on any atom is 0.257 e. The van der Waals surface area contributed by atoms with Gasteiger partial charge in [-0.2, -0.15) is 0 Å². The molecule has 2 rings (SSSR count). The van der Waals surface area contributed by atoms with Crippen molar-refractivity contribution < 1.29 is 9.53 Å². The highest BCUT2D eigenvalue weighted by Crippen LogP contribution is 2.25. The molecule has 1 aromatic heterocycles. The smallest absolute Gasteiger partial charge is 0.257 e. The Morgan fingerprint density at radius 2 is 2.05 bits per heavy atom. The van der Waals surface area contributed by atoms with Crippen molar-refractivity contribution in [1.82, 2.24) is 10.2 Å². The van der Waals surface area contributed by atoms with Crippen molar-refractivity contribution in [3.8, 4) is 5.75 Å². The van der Waals surface area contributed by atoms with Crippen LogP contribution in [-0.2, 0) is 0 Å². The summed E-state index contributed by atoms with van der Waals surface area (Å²) in [5.74, 6) is 1.48. The van der Waals surface area contributed by atoms with Crippen molar-refractivity contribution in [2.45, 2.75) is 31.2 Å². The minimum absolute atomic E-state index is 0.112. The summed E-state index contributed by atoms with van der Waals surface area (Å²) in [6, 6.07) is 7.03. The molecule has 7 heteroatoms. The second-order valence-corrected chi connectivity index (χ2v) is 6.94. The highest BCUT2D eigenvalue weighted by atomic mass is 32.2. The van der Waals surface area contributed by atoms with Crippen LogP contribution >= 0.6 is 23.1 Å². The van der Waals surface area contributed by atoms with E-state index in [-0.39, 0.29) is 12.0 Å². The van der Waals surface area contributed by atoms with Crippen LogP contribution in [0.3, 0.4) is 0 Å². The summed E-state index contributed by atoms with van der Waals surface area (Å²) in [5.41, 5.74) is 0.561. The van der Waals surface area contributed by atoms with Crippen molar-refractivity contribution in [3.05, 3.63) is 29.8 Å². The van der Waals surface area contributed by atoms with E-state index in [9.17, 15) is 4.79 Å². The number of amides is 1. The SMILES string of the molecule is CCSc1nnc(NC(=O)c2ccc(OC(C)C)cc2)s1. The summed E-state index contributed by atoms with van der Waals surface area (Å²) in [5, 5.41) is 11.2. The number of ether oxygens (including phenoxy) is 1. The molecule has 0 aliphatic heterocycles. The van der Waals surface area contributed by atoms with E-state index in [2.05, 4.69) is 15.5 Å². The van der Waals surface area contributed by atoms with E-state index in [0.717, 1.165) is 15.8 Å². The summed E-state index contributed by atoms with van der Waals surface area (Å²) in [4.78, 5) is 12.1. The van der Waals surface area contributed by atoms with E-state index >= 15 is 0 Å². The molecule has 0 unspecified atom stereocenters. The Bertz CT molecular complexity index is 597. The van der Waals surface area contributed by atoms with Crippen molar-refractivity contribution in [2.75, 3.05) is 11.1 Å². The average Bonchev–Trinajstić information content (AvgIpc) is 2.86. The van der Waals surface area contributed by atoms with Crippen LogP contribution in [-0.4, -0.2) is 28.0 Å². The lowest BCUT2D eigenvalue weighted by molar-refractivity contribution is 0.102. The fourth-order valence-electron chi connectivity index (χ4n) is 1.57. The summed E-state index contributed by atoms with van der Waals surface area (Å²) in [7, 11) is 0. The molecular weight excluding hydrogens is 306 g/mol. The van der Waals surface area contributed by atoms with Crippen molar-refractivity contribution in [3.63, 3.8) is 0 Å².